The SMILES string of the molecule is CCCC[C@]1(Cc2ccccc2)O[C@@H]1[Si](C)(C)C. The Kier molecular flexibility index (Phi) is 3.98. The van der Waals surface area contributed by atoms with E-state index >= 15 is 0 Å². The first-order valence-electron chi connectivity index (χ1n) is 7.20. The minimum atomic E-state index is -1.18. The van der Waals surface area contributed by atoms with Gasteiger partial charge in [0.25, 0.3) is 0 Å². The molecule has 1 aromatic carbocycles. The normalized spacial score (nSPS) is 27.2. The maximum absolute atomic E-state index is 6.24. The van der Waals surface area contributed by atoms with Gasteiger partial charge in [-0.1, -0.05) is 69.7 Å². The Hall–Kier alpha value is -0.603. The third-order valence-electron chi connectivity index (χ3n) is 3.86. The van der Waals surface area contributed by atoms with Gasteiger partial charge in [-0.25, -0.2) is 0 Å². The van der Waals surface area contributed by atoms with E-state index in [9.17, 15) is 0 Å². The molecule has 1 saturated heterocycles. The van der Waals surface area contributed by atoms with Gasteiger partial charge < -0.3 is 4.74 Å². The predicted molar refractivity (Wildman–Crippen MR) is 80.6 cm³/mol. The quantitative estimate of drug-likeness (QED) is 0.545. The van der Waals surface area contributed by atoms with Gasteiger partial charge in [-0.05, 0) is 12.0 Å². The molecule has 0 N–H and O–H groups in total. The molecule has 0 radical (unpaired) electrons. The smallest absolute Gasteiger partial charge is 0.0954 e. The molecule has 2 heteroatoms. The molecule has 2 rings (SSSR count). The van der Waals surface area contributed by atoms with Gasteiger partial charge in [0.2, 0.25) is 0 Å². The Bertz CT molecular complexity index is 382. The first-order valence-corrected chi connectivity index (χ1v) is 10.8. The third-order valence-corrected chi connectivity index (χ3v) is 6.08. The lowest BCUT2D eigenvalue weighted by Crippen LogP contribution is -2.36. The van der Waals surface area contributed by atoms with Gasteiger partial charge in [-0.15, -0.1) is 0 Å². The Morgan fingerprint density at radius 2 is 1.83 bits per heavy atom. The zero-order valence-corrected chi connectivity index (χ0v) is 13.2. The maximum atomic E-state index is 6.24. The Balaban J connectivity index is 2.09. The number of hydrogen-bond donors (Lipinski definition) is 0. The summed E-state index contributed by atoms with van der Waals surface area (Å²) in [7, 11) is -1.18. The fourth-order valence-corrected chi connectivity index (χ4v) is 5.41. The van der Waals surface area contributed by atoms with Crippen LogP contribution < -0.4 is 0 Å². The maximum Gasteiger partial charge on any atom is 0.0954 e. The van der Waals surface area contributed by atoms with E-state index in [1.54, 1.807) is 0 Å². The molecule has 1 aromatic rings. The molecule has 0 unspecified atom stereocenters. The van der Waals surface area contributed by atoms with Crippen molar-refractivity contribution in [3.8, 4) is 0 Å². The molecule has 18 heavy (non-hydrogen) atoms. The first kappa shape index (κ1) is 13.8. The van der Waals surface area contributed by atoms with Gasteiger partial charge in [0.15, 0.2) is 0 Å². The summed E-state index contributed by atoms with van der Waals surface area (Å²) in [5.74, 6) is 0. The van der Waals surface area contributed by atoms with Crippen molar-refractivity contribution in [3.63, 3.8) is 0 Å². The zero-order chi connectivity index (χ0) is 13.2. The molecule has 2 atom stereocenters. The van der Waals surface area contributed by atoms with Crippen LogP contribution in [0.3, 0.4) is 0 Å². The van der Waals surface area contributed by atoms with Crippen molar-refractivity contribution in [2.75, 3.05) is 0 Å². The standard InChI is InChI=1S/C16H26OSi/c1-5-6-12-16(15(17-16)18(2,3)4)13-14-10-8-7-9-11-14/h7-11,15H,5-6,12-13H2,1-4H3/t15-,16-/m1/s1. The molecular formula is C16H26OSi. The average molecular weight is 262 g/mol. The number of rotatable bonds is 6. The van der Waals surface area contributed by atoms with Crippen LogP contribution in [0.5, 0.6) is 0 Å². The minimum absolute atomic E-state index is 0.168. The molecule has 0 bridgehead atoms. The van der Waals surface area contributed by atoms with Crippen LogP contribution in [0.1, 0.15) is 31.7 Å². The molecular weight excluding hydrogens is 236 g/mol. The predicted octanol–water partition coefficient (Wildman–Crippen LogP) is 4.43. The molecule has 0 aliphatic carbocycles. The van der Waals surface area contributed by atoms with Gasteiger partial charge in [0.05, 0.1) is 19.4 Å². The summed E-state index contributed by atoms with van der Waals surface area (Å²) < 4.78 is 6.24. The van der Waals surface area contributed by atoms with Gasteiger partial charge in [0.1, 0.15) is 0 Å². The monoisotopic (exact) mass is 262 g/mol. The molecule has 0 saturated carbocycles. The first-order chi connectivity index (χ1) is 8.48. The second-order valence-electron chi connectivity index (χ2n) is 6.69. The number of unbranched alkanes of at least 4 members (excludes halogenated alkanes) is 1. The molecule has 0 spiro atoms. The summed E-state index contributed by atoms with van der Waals surface area (Å²) in [5, 5.41) is 0. The second kappa shape index (κ2) is 5.18. The summed E-state index contributed by atoms with van der Waals surface area (Å²) in [6, 6.07) is 10.8. The van der Waals surface area contributed by atoms with E-state index in [-0.39, 0.29) is 5.60 Å². The molecule has 1 nitrogen and oxygen atoms in total. The van der Waals surface area contributed by atoms with Crippen molar-refractivity contribution in [3.05, 3.63) is 35.9 Å². The molecule has 0 amide bonds. The highest BCUT2D eigenvalue weighted by Crippen LogP contribution is 2.48. The summed E-state index contributed by atoms with van der Waals surface area (Å²) in [4.78, 5) is 0. The van der Waals surface area contributed by atoms with Gasteiger partial charge in [0, 0.05) is 6.42 Å². The van der Waals surface area contributed by atoms with Crippen LogP contribution >= 0.6 is 0 Å². The van der Waals surface area contributed by atoms with Gasteiger partial charge in [-0.2, -0.15) is 0 Å². The highest BCUT2D eigenvalue weighted by atomic mass is 28.3. The fourth-order valence-electron chi connectivity index (χ4n) is 3.00. The van der Waals surface area contributed by atoms with E-state index in [0.29, 0.717) is 5.73 Å². The van der Waals surface area contributed by atoms with E-state index in [1.165, 1.54) is 24.8 Å². The number of epoxide rings is 1. The van der Waals surface area contributed by atoms with E-state index in [0.717, 1.165) is 6.42 Å². The molecule has 1 heterocycles. The third kappa shape index (κ3) is 3.04. The zero-order valence-electron chi connectivity index (χ0n) is 12.2. The highest BCUT2D eigenvalue weighted by molar-refractivity contribution is 6.78. The van der Waals surface area contributed by atoms with Crippen molar-refractivity contribution in [1.29, 1.82) is 0 Å². The van der Waals surface area contributed by atoms with E-state index in [1.807, 2.05) is 0 Å². The molecule has 100 valence electrons. The summed E-state index contributed by atoms with van der Waals surface area (Å²) in [6.07, 6.45) is 4.88. The van der Waals surface area contributed by atoms with Crippen LogP contribution in [0, 0.1) is 0 Å². The van der Waals surface area contributed by atoms with E-state index in [4.69, 9.17) is 4.74 Å². The molecule has 1 aliphatic rings. The van der Waals surface area contributed by atoms with Crippen LogP contribution in [0.25, 0.3) is 0 Å². The van der Waals surface area contributed by atoms with Crippen molar-refractivity contribution >= 4 is 8.07 Å². The topological polar surface area (TPSA) is 12.5 Å². The van der Waals surface area contributed by atoms with E-state index in [2.05, 4.69) is 56.9 Å². The van der Waals surface area contributed by atoms with Crippen LogP contribution in [0.4, 0.5) is 0 Å². The van der Waals surface area contributed by atoms with E-state index < -0.39 is 8.07 Å². The second-order valence-corrected chi connectivity index (χ2v) is 12.0. The number of ether oxygens (including phenoxy) is 1. The van der Waals surface area contributed by atoms with Gasteiger partial charge in [-0.3, -0.25) is 0 Å². The fraction of sp³-hybridized carbons (Fsp3) is 0.625. The van der Waals surface area contributed by atoms with Crippen LogP contribution in [0.15, 0.2) is 30.3 Å². The lowest BCUT2D eigenvalue weighted by Gasteiger charge is -2.18. The molecule has 1 aliphatic heterocycles. The number of hydrogen-bond acceptors (Lipinski definition) is 1. The van der Waals surface area contributed by atoms with Gasteiger partial charge >= 0.3 is 0 Å². The Morgan fingerprint density at radius 1 is 1.17 bits per heavy atom. The number of benzene rings is 1. The minimum Gasteiger partial charge on any atom is -0.369 e. The van der Waals surface area contributed by atoms with Crippen molar-refractivity contribution in [1.82, 2.24) is 0 Å². The summed E-state index contributed by atoms with van der Waals surface area (Å²) in [5.41, 5.74) is 2.15. The van der Waals surface area contributed by atoms with Crippen molar-refractivity contribution < 1.29 is 4.74 Å². The molecule has 0 aromatic heterocycles. The lowest BCUT2D eigenvalue weighted by molar-refractivity contribution is 0.278. The van der Waals surface area contributed by atoms with Crippen molar-refractivity contribution in [2.45, 2.75) is 63.6 Å². The Morgan fingerprint density at radius 3 is 2.33 bits per heavy atom. The van der Waals surface area contributed by atoms with Crippen LogP contribution in [-0.2, 0) is 11.2 Å². The summed E-state index contributed by atoms with van der Waals surface area (Å²) in [6.45, 7) is 9.55. The highest BCUT2D eigenvalue weighted by Gasteiger charge is 2.60. The average Bonchev–Trinajstić information content (AvgIpc) is 3.03. The lowest BCUT2D eigenvalue weighted by atomic mass is 9.94. The van der Waals surface area contributed by atoms with Crippen LogP contribution in [0.2, 0.25) is 19.6 Å². The summed E-state index contributed by atoms with van der Waals surface area (Å²) >= 11 is 0. The van der Waals surface area contributed by atoms with Crippen LogP contribution in [-0.4, -0.2) is 19.4 Å². The Labute approximate surface area is 113 Å². The molecule has 1 fully saturated rings. The van der Waals surface area contributed by atoms with Crippen molar-refractivity contribution in [2.24, 2.45) is 0 Å². The largest absolute Gasteiger partial charge is 0.369 e.